The zero-order valence-electron chi connectivity index (χ0n) is 19.6. The Labute approximate surface area is 208 Å². The fourth-order valence-corrected chi connectivity index (χ4v) is 4.60. The molecule has 0 saturated heterocycles. The summed E-state index contributed by atoms with van der Waals surface area (Å²) in [6.45, 7) is 4.60. The van der Waals surface area contributed by atoms with Gasteiger partial charge >= 0.3 is 0 Å². The molecule has 35 heavy (non-hydrogen) atoms. The summed E-state index contributed by atoms with van der Waals surface area (Å²) < 4.78 is 13.4. The Morgan fingerprint density at radius 3 is 2.60 bits per heavy atom. The Balaban J connectivity index is 1.40. The van der Waals surface area contributed by atoms with Crippen LogP contribution < -0.4 is 4.74 Å². The highest BCUT2D eigenvalue weighted by Gasteiger charge is 2.18. The maximum Gasteiger partial charge on any atom is 0.237 e. The summed E-state index contributed by atoms with van der Waals surface area (Å²) in [5.74, 6) is 3.11. The van der Waals surface area contributed by atoms with Crippen LogP contribution in [0.5, 0.6) is 5.75 Å². The second-order valence-electron chi connectivity index (χ2n) is 7.97. The molecule has 2 aromatic heterocycles. The number of hydrogen-bond donors (Lipinski definition) is 0. The van der Waals surface area contributed by atoms with Gasteiger partial charge in [0.1, 0.15) is 11.6 Å². The number of aryl methyl sites for hydroxylation is 1. The molecule has 5 aromatic rings. The van der Waals surface area contributed by atoms with Crippen LogP contribution in [0.4, 0.5) is 0 Å². The van der Waals surface area contributed by atoms with Crippen LogP contribution in [0, 0.1) is 6.92 Å². The average molecular weight is 484 g/mol. The molecule has 0 aliphatic heterocycles. The zero-order chi connectivity index (χ0) is 24.0. The van der Waals surface area contributed by atoms with Gasteiger partial charge in [-0.1, -0.05) is 71.5 Å². The summed E-state index contributed by atoms with van der Waals surface area (Å²) in [5.41, 5.74) is 4.19. The van der Waals surface area contributed by atoms with Crippen molar-refractivity contribution in [2.75, 3.05) is 6.61 Å². The van der Waals surface area contributed by atoms with Gasteiger partial charge in [-0.3, -0.25) is 4.57 Å². The summed E-state index contributed by atoms with van der Waals surface area (Å²) in [6, 6.07) is 26.3. The van der Waals surface area contributed by atoms with Crippen molar-refractivity contribution in [3.63, 3.8) is 0 Å². The molecule has 0 spiro atoms. The molecule has 0 aliphatic carbocycles. The zero-order valence-corrected chi connectivity index (χ0v) is 20.4. The summed E-state index contributed by atoms with van der Waals surface area (Å²) >= 11 is 1.52. The number of hydrogen-bond acceptors (Lipinski definition) is 7. The van der Waals surface area contributed by atoms with Crippen molar-refractivity contribution < 1.29 is 9.26 Å². The van der Waals surface area contributed by atoms with E-state index in [9.17, 15) is 0 Å². The third kappa shape index (κ3) is 5.27. The molecule has 0 saturated carbocycles. The third-order valence-electron chi connectivity index (χ3n) is 5.39. The molecule has 3 aromatic carbocycles. The molecule has 176 valence electrons. The Hall–Kier alpha value is -3.91. The van der Waals surface area contributed by atoms with Crippen LogP contribution in [-0.2, 0) is 12.2 Å². The standard InChI is InChI=1S/C27H25N5O2S/c1-3-33-23-15-8-7-14-22(23)26-28-25(34-31-26)18-35-27-30-29-24(17-20-11-5-4-6-12-20)32(27)21-13-9-10-19(2)16-21/h4-16H,3,17-18H2,1-2H3. The van der Waals surface area contributed by atoms with E-state index in [-0.39, 0.29) is 0 Å². The summed E-state index contributed by atoms with van der Waals surface area (Å²) in [6.07, 6.45) is 0.682. The number of rotatable bonds is 9. The van der Waals surface area contributed by atoms with Gasteiger partial charge in [0.05, 0.1) is 17.9 Å². The topological polar surface area (TPSA) is 78.9 Å². The Morgan fingerprint density at radius 2 is 1.77 bits per heavy atom. The van der Waals surface area contributed by atoms with Gasteiger partial charge in [0.25, 0.3) is 0 Å². The van der Waals surface area contributed by atoms with E-state index in [2.05, 4.69) is 62.2 Å². The molecule has 0 bridgehead atoms. The first-order valence-electron chi connectivity index (χ1n) is 11.4. The van der Waals surface area contributed by atoms with Crippen molar-refractivity contribution in [3.05, 3.63) is 102 Å². The fraction of sp³-hybridized carbons (Fsp3) is 0.185. The minimum absolute atomic E-state index is 0.471. The van der Waals surface area contributed by atoms with Crippen molar-refractivity contribution in [3.8, 4) is 22.8 Å². The summed E-state index contributed by atoms with van der Waals surface area (Å²) in [5, 5.41) is 14.0. The minimum Gasteiger partial charge on any atom is -0.493 e. The smallest absolute Gasteiger partial charge is 0.237 e. The molecule has 7 nitrogen and oxygen atoms in total. The first kappa shape index (κ1) is 22.9. The number of benzene rings is 3. The second-order valence-corrected chi connectivity index (χ2v) is 8.91. The maximum absolute atomic E-state index is 5.71. The number of aromatic nitrogens is 5. The van der Waals surface area contributed by atoms with Gasteiger partial charge in [-0.05, 0) is 49.2 Å². The van der Waals surface area contributed by atoms with Crippen LogP contribution in [0.2, 0.25) is 0 Å². The van der Waals surface area contributed by atoms with E-state index >= 15 is 0 Å². The molecule has 0 radical (unpaired) electrons. The van der Waals surface area contributed by atoms with E-state index in [0.717, 1.165) is 28.0 Å². The van der Waals surface area contributed by atoms with Gasteiger partial charge in [0.2, 0.25) is 11.7 Å². The Kier molecular flexibility index (Phi) is 6.90. The largest absolute Gasteiger partial charge is 0.493 e. The van der Waals surface area contributed by atoms with Crippen LogP contribution in [-0.4, -0.2) is 31.5 Å². The predicted octanol–water partition coefficient (Wildman–Crippen LogP) is 5.91. The van der Waals surface area contributed by atoms with Crippen LogP contribution in [0.25, 0.3) is 17.1 Å². The lowest BCUT2D eigenvalue weighted by molar-refractivity contribution is 0.341. The molecular weight excluding hydrogens is 458 g/mol. The monoisotopic (exact) mass is 483 g/mol. The molecule has 0 N–H and O–H groups in total. The van der Waals surface area contributed by atoms with Crippen molar-refractivity contribution in [2.45, 2.75) is 31.2 Å². The van der Waals surface area contributed by atoms with E-state index in [0.29, 0.717) is 30.5 Å². The maximum atomic E-state index is 5.71. The van der Waals surface area contributed by atoms with Gasteiger partial charge in [-0.2, -0.15) is 4.98 Å². The van der Waals surface area contributed by atoms with Gasteiger partial charge in [0.15, 0.2) is 5.16 Å². The highest BCUT2D eigenvalue weighted by molar-refractivity contribution is 7.98. The van der Waals surface area contributed by atoms with Crippen LogP contribution >= 0.6 is 11.8 Å². The molecule has 0 amide bonds. The van der Waals surface area contributed by atoms with Crippen LogP contribution in [0.15, 0.2) is 88.5 Å². The fourth-order valence-electron chi connectivity index (χ4n) is 3.80. The van der Waals surface area contributed by atoms with Crippen molar-refractivity contribution in [1.29, 1.82) is 0 Å². The molecule has 2 heterocycles. The lowest BCUT2D eigenvalue weighted by Gasteiger charge is -2.10. The van der Waals surface area contributed by atoms with Gasteiger partial charge in [-0.15, -0.1) is 10.2 Å². The van der Waals surface area contributed by atoms with E-state index in [4.69, 9.17) is 9.26 Å². The Morgan fingerprint density at radius 1 is 0.943 bits per heavy atom. The third-order valence-corrected chi connectivity index (χ3v) is 6.30. The van der Waals surface area contributed by atoms with Gasteiger partial charge in [0, 0.05) is 12.1 Å². The molecular formula is C27H25N5O2S. The minimum atomic E-state index is 0.471. The van der Waals surface area contributed by atoms with Crippen molar-refractivity contribution in [2.24, 2.45) is 0 Å². The lowest BCUT2D eigenvalue weighted by atomic mass is 10.1. The highest BCUT2D eigenvalue weighted by Crippen LogP contribution is 2.30. The van der Waals surface area contributed by atoms with Crippen LogP contribution in [0.1, 0.15) is 29.8 Å². The highest BCUT2D eigenvalue weighted by atomic mass is 32.2. The lowest BCUT2D eigenvalue weighted by Crippen LogP contribution is -2.04. The van der Waals surface area contributed by atoms with Gasteiger partial charge in [-0.25, -0.2) is 0 Å². The number of para-hydroxylation sites is 1. The summed E-state index contributed by atoms with van der Waals surface area (Å²) in [4.78, 5) is 4.59. The van der Waals surface area contributed by atoms with E-state index in [1.165, 1.54) is 22.9 Å². The summed E-state index contributed by atoms with van der Waals surface area (Å²) in [7, 11) is 0. The van der Waals surface area contributed by atoms with Gasteiger partial charge < -0.3 is 9.26 Å². The Bertz CT molecular complexity index is 1410. The van der Waals surface area contributed by atoms with E-state index in [1.807, 2.05) is 55.5 Å². The molecule has 8 heteroatoms. The number of nitrogens with zero attached hydrogens (tertiary/aromatic N) is 5. The number of thioether (sulfide) groups is 1. The molecule has 0 fully saturated rings. The SMILES string of the molecule is CCOc1ccccc1-c1noc(CSc2nnc(Cc3ccccc3)n2-c2cccc(C)c2)n1. The van der Waals surface area contributed by atoms with E-state index in [1.54, 1.807) is 0 Å². The molecule has 0 atom stereocenters. The van der Waals surface area contributed by atoms with Crippen molar-refractivity contribution in [1.82, 2.24) is 24.9 Å². The quantitative estimate of drug-likeness (QED) is 0.241. The predicted molar refractivity (Wildman–Crippen MR) is 136 cm³/mol. The van der Waals surface area contributed by atoms with Crippen LogP contribution in [0.3, 0.4) is 0 Å². The molecule has 0 unspecified atom stereocenters. The molecule has 0 aliphatic rings. The number of ether oxygens (including phenoxy) is 1. The molecule has 5 rings (SSSR count). The average Bonchev–Trinajstić information content (AvgIpc) is 3.51. The van der Waals surface area contributed by atoms with E-state index < -0.39 is 0 Å². The first-order chi connectivity index (χ1) is 17.2. The first-order valence-corrected chi connectivity index (χ1v) is 12.4. The normalized spacial score (nSPS) is 11.0. The van der Waals surface area contributed by atoms with Crippen molar-refractivity contribution >= 4 is 11.8 Å². The second kappa shape index (κ2) is 10.6.